The van der Waals surface area contributed by atoms with Gasteiger partial charge in [0.1, 0.15) is 22.4 Å². The van der Waals surface area contributed by atoms with Gasteiger partial charge in [-0.1, -0.05) is 11.8 Å². The number of ether oxygens (including phenoxy) is 1. The summed E-state index contributed by atoms with van der Waals surface area (Å²) in [5.74, 6) is -2.67. The van der Waals surface area contributed by atoms with E-state index in [1.54, 1.807) is 0 Å². The minimum absolute atomic E-state index is 0.0729. The van der Waals surface area contributed by atoms with Gasteiger partial charge < -0.3 is 9.84 Å². The van der Waals surface area contributed by atoms with Crippen LogP contribution in [0.1, 0.15) is 12.0 Å². The van der Waals surface area contributed by atoms with Crippen molar-refractivity contribution in [3.05, 3.63) is 29.3 Å². The molecule has 0 unspecified atom stereocenters. The Bertz CT molecular complexity index is 594. The molecule has 1 heterocycles. The lowest BCUT2D eigenvalue weighted by Gasteiger charge is -2.07. The highest BCUT2D eigenvalue weighted by Crippen LogP contribution is 2.25. The SMILES string of the molecule is COc1cc(F)c(C2=NN=C(SCC(=O)O)C2)c(F)c1. The lowest BCUT2D eigenvalue weighted by Crippen LogP contribution is -2.09. The number of carboxylic acids is 1. The average Bonchev–Trinajstić information content (AvgIpc) is 2.84. The zero-order valence-electron chi connectivity index (χ0n) is 10.4. The number of thioether (sulfide) groups is 1. The Morgan fingerprint density at radius 1 is 1.40 bits per heavy atom. The third-order valence-corrected chi connectivity index (χ3v) is 3.45. The molecule has 0 amide bonds. The van der Waals surface area contributed by atoms with E-state index in [-0.39, 0.29) is 29.2 Å². The number of hydrogen-bond donors (Lipinski definition) is 1. The first-order valence-electron chi connectivity index (χ1n) is 5.52. The Hall–Kier alpha value is -1.96. The fraction of sp³-hybridized carbons (Fsp3) is 0.250. The first-order valence-corrected chi connectivity index (χ1v) is 6.51. The Kier molecular flexibility index (Phi) is 4.33. The van der Waals surface area contributed by atoms with Crippen molar-refractivity contribution in [2.24, 2.45) is 10.2 Å². The number of methoxy groups -OCH3 is 1. The number of halogens is 2. The van der Waals surface area contributed by atoms with Crippen molar-refractivity contribution in [3.63, 3.8) is 0 Å². The molecule has 0 fully saturated rings. The van der Waals surface area contributed by atoms with Gasteiger partial charge in [-0.25, -0.2) is 8.78 Å². The van der Waals surface area contributed by atoms with E-state index in [9.17, 15) is 13.6 Å². The van der Waals surface area contributed by atoms with Crippen LogP contribution in [-0.4, -0.2) is 34.7 Å². The molecule has 106 valence electrons. The van der Waals surface area contributed by atoms with Crippen molar-refractivity contribution < 1.29 is 23.4 Å². The predicted molar refractivity (Wildman–Crippen MR) is 71.6 cm³/mol. The maximum atomic E-state index is 13.8. The summed E-state index contributed by atoms with van der Waals surface area (Å²) in [5.41, 5.74) is -0.129. The normalized spacial score (nSPS) is 13.9. The van der Waals surface area contributed by atoms with Crippen LogP contribution in [0.25, 0.3) is 0 Å². The molecule has 1 aromatic carbocycles. The molecule has 0 saturated carbocycles. The summed E-state index contributed by atoms with van der Waals surface area (Å²) in [4.78, 5) is 10.4. The van der Waals surface area contributed by atoms with Gasteiger partial charge in [0.15, 0.2) is 0 Å². The molecule has 0 aliphatic carbocycles. The van der Waals surface area contributed by atoms with Crippen molar-refractivity contribution in [1.82, 2.24) is 0 Å². The van der Waals surface area contributed by atoms with E-state index in [2.05, 4.69) is 10.2 Å². The maximum Gasteiger partial charge on any atom is 0.313 e. The van der Waals surface area contributed by atoms with E-state index < -0.39 is 17.6 Å². The van der Waals surface area contributed by atoms with Gasteiger partial charge in [0.05, 0.1) is 24.1 Å². The van der Waals surface area contributed by atoms with Crippen LogP contribution in [0.2, 0.25) is 0 Å². The molecule has 0 bridgehead atoms. The molecule has 5 nitrogen and oxygen atoms in total. The zero-order chi connectivity index (χ0) is 14.7. The van der Waals surface area contributed by atoms with Gasteiger partial charge in [0.25, 0.3) is 0 Å². The molecule has 0 spiro atoms. The molecule has 2 rings (SSSR count). The zero-order valence-corrected chi connectivity index (χ0v) is 11.2. The summed E-state index contributed by atoms with van der Waals surface area (Å²) in [6.45, 7) is 0. The summed E-state index contributed by atoms with van der Waals surface area (Å²) in [6.07, 6.45) is 0.109. The van der Waals surface area contributed by atoms with Crippen LogP contribution in [0.15, 0.2) is 22.3 Å². The summed E-state index contributed by atoms with van der Waals surface area (Å²) in [5, 5.41) is 16.4. The summed E-state index contributed by atoms with van der Waals surface area (Å²) in [7, 11) is 1.31. The number of rotatable bonds is 4. The highest BCUT2D eigenvalue weighted by Gasteiger charge is 2.23. The van der Waals surface area contributed by atoms with Gasteiger partial charge in [-0.2, -0.15) is 5.10 Å². The fourth-order valence-electron chi connectivity index (χ4n) is 1.64. The molecule has 0 saturated heterocycles. The van der Waals surface area contributed by atoms with Gasteiger partial charge in [-0.05, 0) is 0 Å². The van der Waals surface area contributed by atoms with Crippen molar-refractivity contribution in [3.8, 4) is 5.75 Å². The van der Waals surface area contributed by atoms with E-state index in [0.29, 0.717) is 5.04 Å². The summed E-state index contributed by atoms with van der Waals surface area (Å²) < 4.78 is 32.4. The molecule has 8 heteroatoms. The molecule has 0 aromatic heterocycles. The van der Waals surface area contributed by atoms with Crippen LogP contribution in [-0.2, 0) is 4.79 Å². The predicted octanol–water partition coefficient (Wildman–Crippen LogP) is 2.30. The van der Waals surface area contributed by atoms with Crippen LogP contribution in [0.4, 0.5) is 8.78 Å². The molecule has 1 aliphatic heterocycles. The summed E-state index contributed by atoms with van der Waals surface area (Å²) in [6, 6.07) is 2.12. The number of nitrogens with zero attached hydrogens (tertiary/aromatic N) is 2. The molecule has 1 aliphatic rings. The number of benzene rings is 1. The smallest absolute Gasteiger partial charge is 0.313 e. The average molecular weight is 300 g/mol. The Labute approximate surface area is 117 Å². The van der Waals surface area contributed by atoms with E-state index >= 15 is 0 Å². The van der Waals surface area contributed by atoms with Crippen LogP contribution >= 0.6 is 11.8 Å². The first-order chi connectivity index (χ1) is 9.51. The monoisotopic (exact) mass is 300 g/mol. The molecule has 1 aromatic rings. The van der Waals surface area contributed by atoms with Gasteiger partial charge in [-0.15, -0.1) is 5.10 Å². The topological polar surface area (TPSA) is 71.2 Å². The number of carbonyl (C=O) groups is 1. The minimum Gasteiger partial charge on any atom is -0.497 e. The Morgan fingerprint density at radius 2 is 2.05 bits per heavy atom. The van der Waals surface area contributed by atoms with Crippen molar-refractivity contribution in [1.29, 1.82) is 0 Å². The van der Waals surface area contributed by atoms with Gasteiger partial charge in [0.2, 0.25) is 0 Å². The second kappa shape index (κ2) is 6.00. The lowest BCUT2D eigenvalue weighted by atomic mass is 10.1. The van der Waals surface area contributed by atoms with E-state index in [1.807, 2.05) is 0 Å². The molecular weight excluding hydrogens is 290 g/mol. The minimum atomic E-state index is -0.993. The molecule has 0 atom stereocenters. The van der Waals surface area contributed by atoms with Gasteiger partial charge in [-0.3, -0.25) is 4.79 Å². The highest BCUT2D eigenvalue weighted by atomic mass is 32.2. The molecule has 1 N–H and O–H groups in total. The third-order valence-electron chi connectivity index (χ3n) is 2.50. The van der Waals surface area contributed by atoms with Crippen molar-refractivity contribution in [2.45, 2.75) is 6.42 Å². The van der Waals surface area contributed by atoms with E-state index in [0.717, 1.165) is 23.9 Å². The number of aliphatic carboxylic acids is 1. The number of carboxylic acid groups (broad SMARTS) is 1. The Morgan fingerprint density at radius 3 is 2.60 bits per heavy atom. The maximum absolute atomic E-state index is 13.8. The van der Waals surface area contributed by atoms with Crippen LogP contribution < -0.4 is 4.74 Å². The fourth-order valence-corrected chi connectivity index (χ4v) is 2.26. The molecule has 20 heavy (non-hydrogen) atoms. The summed E-state index contributed by atoms with van der Waals surface area (Å²) >= 11 is 0.976. The molecular formula is C12H10F2N2O3S. The molecule has 0 radical (unpaired) electrons. The van der Waals surface area contributed by atoms with Crippen molar-refractivity contribution >= 4 is 28.5 Å². The quantitative estimate of drug-likeness (QED) is 0.926. The van der Waals surface area contributed by atoms with Gasteiger partial charge in [0, 0.05) is 18.6 Å². The van der Waals surface area contributed by atoms with Gasteiger partial charge >= 0.3 is 5.97 Å². The highest BCUT2D eigenvalue weighted by molar-refractivity contribution is 8.14. The van der Waals surface area contributed by atoms with Crippen LogP contribution in [0.5, 0.6) is 5.75 Å². The first kappa shape index (κ1) is 14.4. The van der Waals surface area contributed by atoms with Crippen LogP contribution in [0.3, 0.4) is 0 Å². The van der Waals surface area contributed by atoms with E-state index in [1.165, 1.54) is 7.11 Å². The second-order valence-corrected chi connectivity index (χ2v) is 4.91. The second-order valence-electron chi connectivity index (χ2n) is 3.87. The standard InChI is InChI=1S/C12H10F2N2O3S/c1-19-6-2-7(13)12(8(14)3-6)9-4-10(16-15-9)20-5-11(17)18/h2-3H,4-5H2,1H3,(H,17,18). The Balaban J connectivity index is 2.14. The third kappa shape index (κ3) is 3.13. The van der Waals surface area contributed by atoms with E-state index in [4.69, 9.17) is 9.84 Å². The number of hydrogen-bond acceptors (Lipinski definition) is 5. The van der Waals surface area contributed by atoms with Crippen molar-refractivity contribution in [2.75, 3.05) is 12.9 Å². The van der Waals surface area contributed by atoms with Crippen LogP contribution in [0, 0.1) is 11.6 Å². The largest absolute Gasteiger partial charge is 0.497 e. The lowest BCUT2D eigenvalue weighted by molar-refractivity contribution is -0.133.